The molecule has 0 aliphatic heterocycles. The highest BCUT2D eigenvalue weighted by molar-refractivity contribution is 7.92. The number of benzene rings is 2. The molecule has 1 heterocycles. The minimum absolute atomic E-state index is 0.182. The molecular formula is C21H22N4O5S. The Morgan fingerprint density at radius 2 is 1.90 bits per heavy atom. The zero-order valence-corrected chi connectivity index (χ0v) is 18.1. The molecule has 1 aromatic heterocycles. The number of rotatable bonds is 7. The number of carbonyl (C=O) groups is 2. The second kappa shape index (κ2) is 9.00. The Bertz CT molecular complexity index is 1230. The SMILES string of the molecule is CCOC(=O)c1ccn(-c2cccc(NC(=O)c3ccc(C)c(NS(C)(=O)=O)c3)c2)n1. The lowest BCUT2D eigenvalue weighted by atomic mass is 10.1. The van der Waals surface area contributed by atoms with Crippen LogP contribution in [-0.4, -0.2) is 42.9 Å². The van der Waals surface area contributed by atoms with E-state index in [1.807, 2.05) is 0 Å². The molecule has 2 aromatic carbocycles. The Kier molecular flexibility index (Phi) is 6.40. The first kappa shape index (κ1) is 22.0. The first-order chi connectivity index (χ1) is 14.7. The van der Waals surface area contributed by atoms with Gasteiger partial charge in [0.2, 0.25) is 10.0 Å². The average molecular weight is 442 g/mol. The topological polar surface area (TPSA) is 119 Å². The summed E-state index contributed by atoms with van der Waals surface area (Å²) in [5.41, 5.74) is 2.66. The van der Waals surface area contributed by atoms with Crippen molar-refractivity contribution < 1.29 is 22.7 Å². The third-order valence-corrected chi connectivity index (χ3v) is 4.83. The van der Waals surface area contributed by atoms with Gasteiger partial charge in [0, 0.05) is 17.4 Å². The molecule has 0 aliphatic rings. The van der Waals surface area contributed by atoms with Crippen molar-refractivity contribution in [3.63, 3.8) is 0 Å². The molecule has 0 radical (unpaired) electrons. The minimum atomic E-state index is -3.47. The predicted molar refractivity (Wildman–Crippen MR) is 117 cm³/mol. The van der Waals surface area contributed by atoms with Crippen LogP contribution in [0.1, 0.15) is 33.3 Å². The van der Waals surface area contributed by atoms with Crippen LogP contribution in [-0.2, 0) is 14.8 Å². The fourth-order valence-corrected chi connectivity index (χ4v) is 3.40. The molecule has 31 heavy (non-hydrogen) atoms. The summed E-state index contributed by atoms with van der Waals surface area (Å²) in [5, 5.41) is 6.98. The van der Waals surface area contributed by atoms with Gasteiger partial charge >= 0.3 is 5.97 Å². The highest BCUT2D eigenvalue weighted by Gasteiger charge is 2.13. The number of anilines is 2. The highest BCUT2D eigenvalue weighted by atomic mass is 32.2. The molecule has 0 unspecified atom stereocenters. The smallest absolute Gasteiger partial charge is 0.358 e. The van der Waals surface area contributed by atoms with E-state index in [4.69, 9.17) is 4.74 Å². The fraction of sp³-hybridized carbons (Fsp3) is 0.190. The second-order valence-corrected chi connectivity index (χ2v) is 8.52. The molecule has 0 atom stereocenters. The summed E-state index contributed by atoms with van der Waals surface area (Å²) in [7, 11) is -3.47. The van der Waals surface area contributed by atoms with Gasteiger partial charge in [-0.25, -0.2) is 17.9 Å². The van der Waals surface area contributed by atoms with Crippen molar-refractivity contribution in [2.75, 3.05) is 22.9 Å². The maximum absolute atomic E-state index is 12.7. The van der Waals surface area contributed by atoms with Gasteiger partial charge in [-0.05, 0) is 55.8 Å². The zero-order valence-electron chi connectivity index (χ0n) is 17.2. The Balaban J connectivity index is 1.79. The van der Waals surface area contributed by atoms with Gasteiger partial charge in [-0.15, -0.1) is 0 Å². The van der Waals surface area contributed by atoms with E-state index >= 15 is 0 Å². The number of hydrogen-bond acceptors (Lipinski definition) is 6. The van der Waals surface area contributed by atoms with Gasteiger partial charge in [-0.3, -0.25) is 9.52 Å². The third kappa shape index (κ3) is 5.70. The van der Waals surface area contributed by atoms with Gasteiger partial charge in [0.1, 0.15) is 0 Å². The molecule has 0 spiro atoms. The summed E-state index contributed by atoms with van der Waals surface area (Å²) in [6.07, 6.45) is 2.67. The van der Waals surface area contributed by atoms with Crippen LogP contribution in [0, 0.1) is 6.92 Å². The summed E-state index contributed by atoms with van der Waals surface area (Å²) >= 11 is 0. The summed E-state index contributed by atoms with van der Waals surface area (Å²) in [6.45, 7) is 3.72. The van der Waals surface area contributed by atoms with Gasteiger partial charge in [-0.1, -0.05) is 12.1 Å². The lowest BCUT2D eigenvalue weighted by Crippen LogP contribution is -2.15. The number of nitrogens with one attached hydrogen (secondary N) is 2. The van der Waals surface area contributed by atoms with Crippen molar-refractivity contribution in [2.24, 2.45) is 0 Å². The lowest BCUT2D eigenvalue weighted by molar-refractivity contribution is 0.0519. The van der Waals surface area contributed by atoms with Gasteiger partial charge < -0.3 is 10.1 Å². The number of aromatic nitrogens is 2. The molecule has 9 nitrogen and oxygen atoms in total. The summed E-state index contributed by atoms with van der Waals surface area (Å²) < 4.78 is 31.9. The van der Waals surface area contributed by atoms with Crippen LogP contribution in [0.15, 0.2) is 54.7 Å². The van der Waals surface area contributed by atoms with E-state index in [-0.39, 0.29) is 12.3 Å². The van der Waals surface area contributed by atoms with Crippen molar-refractivity contribution in [3.05, 3.63) is 71.5 Å². The molecule has 0 aliphatic carbocycles. The number of aryl methyl sites for hydroxylation is 1. The van der Waals surface area contributed by atoms with Crippen molar-refractivity contribution in [3.8, 4) is 5.69 Å². The normalized spacial score (nSPS) is 11.1. The molecule has 0 saturated heterocycles. The van der Waals surface area contributed by atoms with Crippen LogP contribution in [0.4, 0.5) is 11.4 Å². The van der Waals surface area contributed by atoms with Crippen LogP contribution in [0.2, 0.25) is 0 Å². The molecule has 3 aromatic rings. The number of carbonyl (C=O) groups excluding carboxylic acids is 2. The van der Waals surface area contributed by atoms with E-state index in [1.165, 1.54) is 10.7 Å². The van der Waals surface area contributed by atoms with Crippen LogP contribution in [0.5, 0.6) is 0 Å². The van der Waals surface area contributed by atoms with Crippen molar-refractivity contribution in [2.45, 2.75) is 13.8 Å². The minimum Gasteiger partial charge on any atom is -0.461 e. The van der Waals surface area contributed by atoms with Crippen LogP contribution < -0.4 is 10.0 Å². The van der Waals surface area contributed by atoms with Crippen LogP contribution in [0.3, 0.4) is 0 Å². The molecule has 0 fully saturated rings. The van der Waals surface area contributed by atoms with E-state index in [9.17, 15) is 18.0 Å². The van der Waals surface area contributed by atoms with Crippen LogP contribution >= 0.6 is 0 Å². The Labute approximate surface area is 180 Å². The van der Waals surface area contributed by atoms with Crippen molar-refractivity contribution in [1.82, 2.24) is 9.78 Å². The third-order valence-electron chi connectivity index (χ3n) is 4.24. The first-order valence-electron chi connectivity index (χ1n) is 9.39. The number of ether oxygens (including phenoxy) is 1. The largest absolute Gasteiger partial charge is 0.461 e. The second-order valence-electron chi connectivity index (χ2n) is 6.77. The van der Waals surface area contributed by atoms with E-state index in [0.717, 1.165) is 6.26 Å². The maximum Gasteiger partial charge on any atom is 0.358 e. The number of hydrogen-bond donors (Lipinski definition) is 2. The van der Waals surface area contributed by atoms with Crippen molar-refractivity contribution >= 4 is 33.3 Å². The van der Waals surface area contributed by atoms with E-state index in [0.29, 0.717) is 28.2 Å². The molecule has 162 valence electrons. The van der Waals surface area contributed by atoms with E-state index in [2.05, 4.69) is 15.1 Å². The molecule has 0 saturated carbocycles. The van der Waals surface area contributed by atoms with E-state index < -0.39 is 21.9 Å². The van der Waals surface area contributed by atoms with E-state index in [1.54, 1.807) is 62.5 Å². The number of nitrogens with zero attached hydrogens (tertiary/aromatic N) is 2. The standard InChI is InChI=1S/C21H22N4O5S/c1-4-30-21(27)18-10-11-25(23-18)17-7-5-6-16(13-17)22-20(26)15-9-8-14(2)19(12-15)24-31(3,28)29/h5-13,24H,4H2,1-3H3,(H,22,26). The average Bonchev–Trinajstić information content (AvgIpc) is 3.19. The highest BCUT2D eigenvalue weighted by Crippen LogP contribution is 2.20. The Morgan fingerprint density at radius 1 is 1.13 bits per heavy atom. The predicted octanol–water partition coefficient (Wildman–Crippen LogP) is 2.98. The molecule has 2 N–H and O–H groups in total. The molecule has 10 heteroatoms. The molecule has 0 bridgehead atoms. The van der Waals surface area contributed by atoms with Gasteiger partial charge in [-0.2, -0.15) is 5.10 Å². The summed E-state index contributed by atoms with van der Waals surface area (Å²) in [6, 6.07) is 13.2. The monoisotopic (exact) mass is 442 g/mol. The summed E-state index contributed by atoms with van der Waals surface area (Å²) in [4.78, 5) is 24.5. The van der Waals surface area contributed by atoms with Gasteiger partial charge in [0.25, 0.3) is 5.91 Å². The zero-order chi connectivity index (χ0) is 22.6. The molecule has 3 rings (SSSR count). The number of amides is 1. The van der Waals surface area contributed by atoms with Gasteiger partial charge in [0.05, 0.1) is 24.2 Å². The first-order valence-corrected chi connectivity index (χ1v) is 11.3. The lowest BCUT2D eigenvalue weighted by Gasteiger charge is -2.11. The molecular weight excluding hydrogens is 420 g/mol. The van der Waals surface area contributed by atoms with Gasteiger partial charge in [0.15, 0.2) is 5.69 Å². The number of sulfonamides is 1. The quantitative estimate of drug-likeness (QED) is 0.543. The summed E-state index contributed by atoms with van der Waals surface area (Å²) in [5.74, 6) is -0.912. The Morgan fingerprint density at radius 3 is 2.61 bits per heavy atom. The maximum atomic E-state index is 12.7. The molecule has 1 amide bonds. The van der Waals surface area contributed by atoms with Crippen molar-refractivity contribution in [1.29, 1.82) is 0 Å². The Hall–Kier alpha value is -3.66. The van der Waals surface area contributed by atoms with Crippen LogP contribution in [0.25, 0.3) is 5.69 Å². The number of esters is 1. The fourth-order valence-electron chi connectivity index (χ4n) is 2.78.